The zero-order valence-corrected chi connectivity index (χ0v) is 11.9. The number of carbonyl (C=O) groups is 1. The van der Waals surface area contributed by atoms with Crippen molar-refractivity contribution in [1.29, 1.82) is 0 Å². The predicted molar refractivity (Wildman–Crippen MR) is 73.4 cm³/mol. The van der Waals surface area contributed by atoms with Crippen molar-refractivity contribution in [3.63, 3.8) is 0 Å². The van der Waals surface area contributed by atoms with Crippen LogP contribution in [0.3, 0.4) is 0 Å². The molecule has 1 aliphatic carbocycles. The van der Waals surface area contributed by atoms with Crippen molar-refractivity contribution in [3.8, 4) is 0 Å². The van der Waals surface area contributed by atoms with E-state index in [-0.39, 0.29) is 11.9 Å². The van der Waals surface area contributed by atoms with Crippen LogP contribution >= 0.6 is 0 Å². The van der Waals surface area contributed by atoms with E-state index in [0.29, 0.717) is 18.0 Å². The molecule has 1 aliphatic heterocycles. The summed E-state index contributed by atoms with van der Waals surface area (Å²) in [5, 5.41) is 6.42. The Morgan fingerprint density at radius 1 is 1.28 bits per heavy atom. The molecule has 4 nitrogen and oxygen atoms in total. The minimum atomic E-state index is -0.0568. The molecule has 0 aromatic rings. The van der Waals surface area contributed by atoms with Crippen molar-refractivity contribution < 1.29 is 4.79 Å². The summed E-state index contributed by atoms with van der Waals surface area (Å²) < 4.78 is 0. The van der Waals surface area contributed by atoms with Gasteiger partial charge in [0.05, 0.1) is 6.04 Å². The predicted octanol–water partition coefficient (Wildman–Crippen LogP) is 0.973. The van der Waals surface area contributed by atoms with Crippen molar-refractivity contribution >= 4 is 5.91 Å². The molecule has 0 aromatic heterocycles. The molecule has 104 valence electrons. The standard InChI is InChI=1S/C14H27N3O/c1-10(2)17-7-6-12(9-17)8-15-11(3)14(18)16-13-4-5-13/h10-13,15H,4-9H2,1-3H3,(H,16,18). The van der Waals surface area contributed by atoms with Gasteiger partial charge in [-0.3, -0.25) is 4.79 Å². The van der Waals surface area contributed by atoms with E-state index in [9.17, 15) is 4.79 Å². The second-order valence-electron chi connectivity index (χ2n) is 6.16. The van der Waals surface area contributed by atoms with Crippen molar-refractivity contribution in [2.24, 2.45) is 5.92 Å². The summed E-state index contributed by atoms with van der Waals surface area (Å²) in [5.41, 5.74) is 0. The number of nitrogens with one attached hydrogen (secondary N) is 2. The highest BCUT2D eigenvalue weighted by molar-refractivity contribution is 5.81. The molecule has 1 heterocycles. The van der Waals surface area contributed by atoms with Crippen LogP contribution in [0.5, 0.6) is 0 Å². The van der Waals surface area contributed by atoms with Crippen LogP contribution in [0, 0.1) is 5.92 Å². The zero-order chi connectivity index (χ0) is 13.1. The van der Waals surface area contributed by atoms with E-state index in [4.69, 9.17) is 0 Å². The Labute approximate surface area is 110 Å². The van der Waals surface area contributed by atoms with Crippen molar-refractivity contribution in [2.45, 2.75) is 58.2 Å². The summed E-state index contributed by atoms with van der Waals surface area (Å²) in [6.45, 7) is 9.80. The fourth-order valence-corrected chi connectivity index (χ4v) is 2.49. The lowest BCUT2D eigenvalue weighted by Gasteiger charge is -2.21. The minimum absolute atomic E-state index is 0.0568. The molecule has 0 radical (unpaired) electrons. The first-order valence-electron chi connectivity index (χ1n) is 7.34. The molecule has 1 saturated carbocycles. The van der Waals surface area contributed by atoms with Gasteiger partial charge in [0.1, 0.15) is 0 Å². The van der Waals surface area contributed by atoms with Crippen molar-refractivity contribution in [2.75, 3.05) is 19.6 Å². The first kappa shape index (κ1) is 13.8. The zero-order valence-electron chi connectivity index (χ0n) is 11.9. The molecule has 2 aliphatic rings. The van der Waals surface area contributed by atoms with Gasteiger partial charge in [-0.05, 0) is 59.0 Å². The van der Waals surface area contributed by atoms with Crippen LogP contribution in [0.15, 0.2) is 0 Å². The SMILES string of the molecule is CC(NCC1CCN(C(C)C)C1)C(=O)NC1CC1. The van der Waals surface area contributed by atoms with E-state index >= 15 is 0 Å². The number of carbonyl (C=O) groups excluding carboxylic acids is 1. The van der Waals surface area contributed by atoms with Crippen LogP contribution in [-0.4, -0.2) is 48.6 Å². The number of likely N-dealkylation sites (tertiary alicyclic amines) is 1. The third-order valence-electron chi connectivity index (χ3n) is 4.08. The van der Waals surface area contributed by atoms with Crippen LogP contribution in [-0.2, 0) is 4.79 Å². The highest BCUT2D eigenvalue weighted by Gasteiger charge is 2.27. The fourth-order valence-electron chi connectivity index (χ4n) is 2.49. The molecule has 2 fully saturated rings. The summed E-state index contributed by atoms with van der Waals surface area (Å²) >= 11 is 0. The van der Waals surface area contributed by atoms with Gasteiger partial charge in [-0.15, -0.1) is 0 Å². The summed E-state index contributed by atoms with van der Waals surface area (Å²) in [4.78, 5) is 14.3. The molecule has 4 heteroatoms. The third-order valence-corrected chi connectivity index (χ3v) is 4.08. The Kier molecular flexibility index (Phi) is 4.62. The third kappa shape index (κ3) is 3.95. The second kappa shape index (κ2) is 6.02. The Hall–Kier alpha value is -0.610. The van der Waals surface area contributed by atoms with Gasteiger partial charge in [0.25, 0.3) is 0 Å². The van der Waals surface area contributed by atoms with Crippen molar-refractivity contribution in [1.82, 2.24) is 15.5 Å². The Bertz CT molecular complexity index is 289. The van der Waals surface area contributed by atoms with Gasteiger partial charge < -0.3 is 15.5 Å². The van der Waals surface area contributed by atoms with E-state index in [1.807, 2.05) is 6.92 Å². The van der Waals surface area contributed by atoms with Crippen LogP contribution in [0.25, 0.3) is 0 Å². The maximum absolute atomic E-state index is 11.8. The van der Waals surface area contributed by atoms with Gasteiger partial charge in [0, 0.05) is 18.6 Å². The first-order chi connectivity index (χ1) is 8.56. The fraction of sp³-hybridized carbons (Fsp3) is 0.929. The van der Waals surface area contributed by atoms with Crippen LogP contribution in [0.2, 0.25) is 0 Å². The lowest BCUT2D eigenvalue weighted by Crippen LogP contribution is -2.44. The Morgan fingerprint density at radius 3 is 2.56 bits per heavy atom. The average Bonchev–Trinajstić information content (AvgIpc) is 3.00. The quantitative estimate of drug-likeness (QED) is 0.741. The van der Waals surface area contributed by atoms with Gasteiger partial charge in [-0.25, -0.2) is 0 Å². The second-order valence-corrected chi connectivity index (χ2v) is 6.16. The normalized spacial score (nSPS) is 26.6. The highest BCUT2D eigenvalue weighted by atomic mass is 16.2. The molecule has 18 heavy (non-hydrogen) atoms. The lowest BCUT2D eigenvalue weighted by molar-refractivity contribution is -0.122. The smallest absolute Gasteiger partial charge is 0.237 e. The lowest BCUT2D eigenvalue weighted by atomic mass is 10.1. The van der Waals surface area contributed by atoms with Gasteiger partial charge in [-0.1, -0.05) is 0 Å². The monoisotopic (exact) mass is 253 g/mol. The van der Waals surface area contributed by atoms with Gasteiger partial charge >= 0.3 is 0 Å². The summed E-state index contributed by atoms with van der Waals surface area (Å²) in [5.74, 6) is 0.861. The van der Waals surface area contributed by atoms with Crippen LogP contribution in [0.4, 0.5) is 0 Å². The Balaban J connectivity index is 1.63. The molecule has 2 atom stereocenters. The van der Waals surface area contributed by atoms with Crippen LogP contribution < -0.4 is 10.6 Å². The highest BCUT2D eigenvalue weighted by Crippen LogP contribution is 2.19. The number of rotatable bonds is 6. The minimum Gasteiger partial charge on any atom is -0.352 e. The molecule has 0 aromatic carbocycles. The molecule has 1 amide bonds. The molecular weight excluding hydrogens is 226 g/mol. The summed E-state index contributed by atoms with van der Waals surface area (Å²) in [6, 6.07) is 1.05. The molecule has 1 saturated heterocycles. The molecule has 0 bridgehead atoms. The van der Waals surface area contributed by atoms with E-state index in [0.717, 1.165) is 19.4 Å². The van der Waals surface area contributed by atoms with E-state index < -0.39 is 0 Å². The summed E-state index contributed by atoms with van der Waals surface area (Å²) in [7, 11) is 0. The molecule has 0 spiro atoms. The van der Waals surface area contributed by atoms with Crippen LogP contribution in [0.1, 0.15) is 40.0 Å². The maximum Gasteiger partial charge on any atom is 0.237 e. The molecule has 2 unspecified atom stereocenters. The largest absolute Gasteiger partial charge is 0.352 e. The topological polar surface area (TPSA) is 44.4 Å². The molecule has 2 rings (SSSR count). The number of hydrogen-bond acceptors (Lipinski definition) is 3. The number of nitrogens with zero attached hydrogens (tertiary/aromatic N) is 1. The summed E-state index contributed by atoms with van der Waals surface area (Å²) in [6.07, 6.45) is 3.57. The first-order valence-corrected chi connectivity index (χ1v) is 7.34. The number of amides is 1. The Morgan fingerprint density at radius 2 is 2.00 bits per heavy atom. The molecule has 2 N–H and O–H groups in total. The van der Waals surface area contributed by atoms with Gasteiger partial charge in [-0.2, -0.15) is 0 Å². The average molecular weight is 253 g/mol. The molecular formula is C14H27N3O. The van der Waals surface area contributed by atoms with E-state index in [1.54, 1.807) is 0 Å². The number of hydrogen-bond donors (Lipinski definition) is 2. The van der Waals surface area contributed by atoms with Gasteiger partial charge in [0.15, 0.2) is 0 Å². The van der Waals surface area contributed by atoms with E-state index in [2.05, 4.69) is 29.4 Å². The van der Waals surface area contributed by atoms with E-state index in [1.165, 1.54) is 19.5 Å². The maximum atomic E-state index is 11.8. The van der Waals surface area contributed by atoms with Crippen molar-refractivity contribution in [3.05, 3.63) is 0 Å². The van der Waals surface area contributed by atoms with Gasteiger partial charge in [0.2, 0.25) is 5.91 Å².